The molecule has 7 heteroatoms. The molecule has 1 aromatic rings. The fourth-order valence-corrected chi connectivity index (χ4v) is 1.65. The molecule has 0 atom stereocenters. The Balaban J connectivity index is 2.81. The average molecular weight is 280 g/mol. The summed E-state index contributed by atoms with van der Waals surface area (Å²) >= 11 is 0. The minimum Gasteiger partial charge on any atom is -0.465 e. The van der Waals surface area contributed by atoms with Gasteiger partial charge in [-0.1, -0.05) is 6.92 Å². The Bertz CT molecular complexity index is 447. The predicted molar refractivity (Wildman–Crippen MR) is 74.6 cm³/mol. The maximum Gasteiger partial charge on any atom is 0.325 e. The number of hydrogen-bond donors (Lipinski definition) is 1. The quantitative estimate of drug-likeness (QED) is 0.737. The summed E-state index contributed by atoms with van der Waals surface area (Å²) in [6, 6.07) is 3.25. The molecule has 20 heavy (non-hydrogen) atoms. The van der Waals surface area contributed by atoms with Crippen LogP contribution in [-0.4, -0.2) is 48.8 Å². The van der Waals surface area contributed by atoms with Gasteiger partial charge in [0.1, 0.15) is 6.54 Å². The number of aromatic nitrogens is 2. The number of carbonyl (C=O) groups excluding carboxylic acids is 2. The van der Waals surface area contributed by atoms with Gasteiger partial charge in [0.25, 0.3) is 5.91 Å². The summed E-state index contributed by atoms with van der Waals surface area (Å²) in [5.41, 5.74) is 0.240. The predicted octanol–water partition coefficient (Wildman–Crippen LogP) is 0.616. The van der Waals surface area contributed by atoms with Crippen LogP contribution < -0.4 is 10.2 Å². The summed E-state index contributed by atoms with van der Waals surface area (Å²) in [6.45, 7) is 4.90. The van der Waals surface area contributed by atoms with Crippen molar-refractivity contribution >= 4 is 17.7 Å². The number of ether oxygens (including phenoxy) is 1. The van der Waals surface area contributed by atoms with Crippen LogP contribution in [0, 0.1) is 0 Å². The van der Waals surface area contributed by atoms with Crippen LogP contribution in [0.4, 0.5) is 5.82 Å². The molecule has 1 N–H and O–H groups in total. The van der Waals surface area contributed by atoms with E-state index in [0.29, 0.717) is 19.0 Å². The van der Waals surface area contributed by atoms with Gasteiger partial charge in [-0.2, -0.15) is 0 Å². The first-order valence-electron chi connectivity index (χ1n) is 6.58. The van der Waals surface area contributed by atoms with Gasteiger partial charge in [-0.05, 0) is 25.5 Å². The van der Waals surface area contributed by atoms with E-state index in [0.717, 1.165) is 6.42 Å². The largest absolute Gasteiger partial charge is 0.465 e. The fourth-order valence-electron chi connectivity index (χ4n) is 1.65. The van der Waals surface area contributed by atoms with Gasteiger partial charge in [0.2, 0.25) is 0 Å². The Hall–Kier alpha value is -2.18. The SMILES string of the molecule is CCCN(CC(=O)OCC)c1ccc(C(=O)NC)nn1. The zero-order valence-electron chi connectivity index (χ0n) is 12.0. The number of rotatable bonds is 7. The van der Waals surface area contributed by atoms with Crippen LogP contribution in [0.2, 0.25) is 0 Å². The van der Waals surface area contributed by atoms with E-state index in [2.05, 4.69) is 15.5 Å². The van der Waals surface area contributed by atoms with Crippen LogP contribution in [0.25, 0.3) is 0 Å². The summed E-state index contributed by atoms with van der Waals surface area (Å²) in [6.07, 6.45) is 0.859. The lowest BCUT2D eigenvalue weighted by Crippen LogP contribution is -2.32. The van der Waals surface area contributed by atoms with Crippen LogP contribution in [-0.2, 0) is 9.53 Å². The Kier molecular flexibility index (Phi) is 6.42. The van der Waals surface area contributed by atoms with Gasteiger partial charge in [0.05, 0.1) is 6.61 Å². The van der Waals surface area contributed by atoms with Gasteiger partial charge < -0.3 is 15.0 Å². The molecule has 1 aromatic heterocycles. The first-order chi connectivity index (χ1) is 9.62. The molecule has 1 amide bonds. The van der Waals surface area contributed by atoms with E-state index < -0.39 is 0 Å². The summed E-state index contributed by atoms with van der Waals surface area (Å²) in [5.74, 6) is -0.0535. The van der Waals surface area contributed by atoms with E-state index >= 15 is 0 Å². The van der Waals surface area contributed by atoms with E-state index in [-0.39, 0.29) is 24.1 Å². The van der Waals surface area contributed by atoms with Crippen LogP contribution in [0.1, 0.15) is 30.8 Å². The summed E-state index contributed by atoms with van der Waals surface area (Å²) in [4.78, 5) is 24.7. The van der Waals surface area contributed by atoms with Crippen molar-refractivity contribution in [3.8, 4) is 0 Å². The molecule has 0 bridgehead atoms. The third-order valence-electron chi connectivity index (χ3n) is 2.55. The van der Waals surface area contributed by atoms with Gasteiger partial charge in [-0.15, -0.1) is 10.2 Å². The zero-order chi connectivity index (χ0) is 15.0. The van der Waals surface area contributed by atoms with Crippen molar-refractivity contribution in [3.63, 3.8) is 0 Å². The molecule has 1 rings (SSSR count). The molecule has 0 aliphatic heterocycles. The number of anilines is 1. The lowest BCUT2D eigenvalue weighted by molar-refractivity contribution is -0.141. The van der Waals surface area contributed by atoms with E-state index in [4.69, 9.17) is 4.74 Å². The second-order valence-corrected chi connectivity index (χ2v) is 4.08. The smallest absolute Gasteiger partial charge is 0.325 e. The Morgan fingerprint density at radius 2 is 2.05 bits per heavy atom. The van der Waals surface area contributed by atoms with Crippen molar-refractivity contribution in [2.45, 2.75) is 20.3 Å². The topological polar surface area (TPSA) is 84.4 Å². The van der Waals surface area contributed by atoms with Crippen molar-refractivity contribution in [2.24, 2.45) is 0 Å². The Morgan fingerprint density at radius 3 is 2.55 bits per heavy atom. The summed E-state index contributed by atoms with van der Waals surface area (Å²) in [7, 11) is 1.53. The van der Waals surface area contributed by atoms with E-state index in [1.807, 2.05) is 6.92 Å². The molecule has 0 unspecified atom stereocenters. The Labute approximate surface area is 118 Å². The normalized spacial score (nSPS) is 9.95. The molecule has 0 radical (unpaired) electrons. The standard InChI is InChI=1S/C13H20N4O3/c1-4-8-17(9-12(18)20-5-2)11-7-6-10(15-16-11)13(19)14-3/h6-7H,4-5,8-9H2,1-3H3,(H,14,19). The first kappa shape index (κ1) is 15.9. The van der Waals surface area contributed by atoms with E-state index in [9.17, 15) is 9.59 Å². The average Bonchev–Trinajstić information content (AvgIpc) is 2.46. The molecular weight excluding hydrogens is 260 g/mol. The number of carbonyl (C=O) groups is 2. The van der Waals surface area contributed by atoms with Crippen LogP contribution in [0.3, 0.4) is 0 Å². The lowest BCUT2D eigenvalue weighted by Gasteiger charge is -2.21. The van der Waals surface area contributed by atoms with Crippen molar-refractivity contribution < 1.29 is 14.3 Å². The van der Waals surface area contributed by atoms with Gasteiger partial charge in [-0.25, -0.2) is 0 Å². The molecule has 0 aliphatic carbocycles. The second-order valence-electron chi connectivity index (χ2n) is 4.08. The highest BCUT2D eigenvalue weighted by molar-refractivity contribution is 5.91. The van der Waals surface area contributed by atoms with Crippen molar-refractivity contribution in [1.82, 2.24) is 15.5 Å². The molecule has 0 aromatic carbocycles. The number of nitrogens with one attached hydrogen (secondary N) is 1. The summed E-state index contributed by atoms with van der Waals surface area (Å²) < 4.78 is 4.93. The maximum atomic E-state index is 11.5. The number of hydrogen-bond acceptors (Lipinski definition) is 6. The second kappa shape index (κ2) is 8.08. The molecule has 7 nitrogen and oxygen atoms in total. The zero-order valence-corrected chi connectivity index (χ0v) is 12.0. The van der Waals surface area contributed by atoms with Gasteiger partial charge in [-0.3, -0.25) is 9.59 Å². The molecule has 0 saturated heterocycles. The third-order valence-corrected chi connectivity index (χ3v) is 2.55. The highest BCUT2D eigenvalue weighted by atomic mass is 16.5. The third kappa shape index (κ3) is 4.49. The van der Waals surface area contributed by atoms with Crippen molar-refractivity contribution in [1.29, 1.82) is 0 Å². The molecule has 1 heterocycles. The molecule has 0 saturated carbocycles. The first-order valence-corrected chi connectivity index (χ1v) is 6.58. The van der Waals surface area contributed by atoms with E-state index in [1.54, 1.807) is 24.0 Å². The number of amides is 1. The van der Waals surface area contributed by atoms with Crippen LogP contribution >= 0.6 is 0 Å². The minimum absolute atomic E-state index is 0.121. The summed E-state index contributed by atoms with van der Waals surface area (Å²) in [5, 5.41) is 10.3. The molecular formula is C13H20N4O3. The molecule has 0 spiro atoms. The highest BCUT2D eigenvalue weighted by Crippen LogP contribution is 2.10. The maximum absolute atomic E-state index is 11.5. The Morgan fingerprint density at radius 1 is 1.30 bits per heavy atom. The molecule has 110 valence electrons. The van der Waals surface area contributed by atoms with Crippen molar-refractivity contribution in [2.75, 3.05) is 31.6 Å². The molecule has 0 fully saturated rings. The minimum atomic E-state index is -0.307. The lowest BCUT2D eigenvalue weighted by atomic mass is 10.3. The fraction of sp³-hybridized carbons (Fsp3) is 0.538. The van der Waals surface area contributed by atoms with Gasteiger partial charge in [0, 0.05) is 13.6 Å². The molecule has 0 aliphatic rings. The van der Waals surface area contributed by atoms with Crippen LogP contribution in [0.5, 0.6) is 0 Å². The monoisotopic (exact) mass is 280 g/mol. The number of nitrogens with zero attached hydrogens (tertiary/aromatic N) is 3. The van der Waals surface area contributed by atoms with Crippen molar-refractivity contribution in [3.05, 3.63) is 17.8 Å². The van der Waals surface area contributed by atoms with Gasteiger partial charge >= 0.3 is 5.97 Å². The van der Waals surface area contributed by atoms with E-state index in [1.165, 1.54) is 7.05 Å². The number of esters is 1. The van der Waals surface area contributed by atoms with Gasteiger partial charge in [0.15, 0.2) is 11.5 Å². The van der Waals surface area contributed by atoms with Crippen LogP contribution in [0.15, 0.2) is 12.1 Å². The highest BCUT2D eigenvalue weighted by Gasteiger charge is 2.14.